The molecule has 16 heavy (non-hydrogen) atoms. The lowest BCUT2D eigenvalue weighted by molar-refractivity contribution is 0.377. The van der Waals surface area contributed by atoms with Crippen LogP contribution in [-0.4, -0.2) is 5.11 Å². The van der Waals surface area contributed by atoms with Crippen molar-refractivity contribution >= 4 is 11.8 Å². The van der Waals surface area contributed by atoms with Gasteiger partial charge in [0.15, 0.2) is 0 Å². The third-order valence-corrected chi connectivity index (χ3v) is 2.85. The molecule has 2 rings (SSSR count). The normalized spacial score (nSPS) is 15.2. The van der Waals surface area contributed by atoms with E-state index in [1.807, 2.05) is 31.2 Å². The van der Waals surface area contributed by atoms with Gasteiger partial charge in [0.25, 0.3) is 0 Å². The summed E-state index contributed by atoms with van der Waals surface area (Å²) in [5.74, 6) is 0.708. The summed E-state index contributed by atoms with van der Waals surface area (Å²) < 4.78 is 5.24. The highest BCUT2D eigenvalue weighted by molar-refractivity contribution is 5.75. The van der Waals surface area contributed by atoms with Crippen molar-refractivity contribution in [3.63, 3.8) is 0 Å². The number of rotatable bonds is 2. The van der Waals surface area contributed by atoms with Crippen molar-refractivity contribution in [3.8, 4) is 0 Å². The lowest BCUT2D eigenvalue weighted by atomic mass is 9.90. The van der Waals surface area contributed by atoms with Crippen molar-refractivity contribution < 1.29 is 9.84 Å². The van der Waals surface area contributed by atoms with Crippen molar-refractivity contribution in [3.05, 3.63) is 60.1 Å². The van der Waals surface area contributed by atoms with Crippen molar-refractivity contribution in [2.45, 2.75) is 12.8 Å². The number of hydrogen-bond acceptors (Lipinski definition) is 2. The molecule has 82 valence electrons. The van der Waals surface area contributed by atoms with Gasteiger partial charge in [0.1, 0.15) is 5.76 Å². The van der Waals surface area contributed by atoms with E-state index >= 15 is 0 Å². The molecule has 0 aromatic heterocycles. The molecule has 0 saturated carbocycles. The van der Waals surface area contributed by atoms with E-state index in [-0.39, 0.29) is 11.7 Å². The average molecular weight is 214 g/mol. The van der Waals surface area contributed by atoms with Crippen LogP contribution in [0.5, 0.6) is 0 Å². The van der Waals surface area contributed by atoms with Crippen LogP contribution >= 0.6 is 0 Å². The van der Waals surface area contributed by atoms with E-state index in [1.165, 1.54) is 0 Å². The first-order valence-corrected chi connectivity index (χ1v) is 5.14. The molecule has 1 N–H and O–H groups in total. The van der Waals surface area contributed by atoms with Crippen LogP contribution in [0.1, 0.15) is 29.5 Å². The SMILES string of the molecule is C=C1OC=Cc2c1cccc2C(C)C(=C)O. The molecule has 1 aliphatic rings. The summed E-state index contributed by atoms with van der Waals surface area (Å²) in [4.78, 5) is 0. The molecule has 1 aromatic carbocycles. The summed E-state index contributed by atoms with van der Waals surface area (Å²) >= 11 is 0. The highest BCUT2D eigenvalue weighted by Gasteiger charge is 2.18. The highest BCUT2D eigenvalue weighted by Crippen LogP contribution is 2.33. The zero-order valence-corrected chi connectivity index (χ0v) is 9.23. The molecule has 2 nitrogen and oxygen atoms in total. The third kappa shape index (κ3) is 1.63. The maximum atomic E-state index is 9.47. The Morgan fingerprint density at radius 1 is 1.44 bits per heavy atom. The standard InChI is InChI=1S/C14H14O2/c1-9(10(2)15)12-5-4-6-13-11(3)16-8-7-14(12)13/h4-9,15H,2-3H2,1H3. The molecule has 1 aromatic rings. The molecule has 1 aliphatic heterocycles. The minimum Gasteiger partial charge on any atom is -0.512 e. The fraction of sp³-hybridized carbons (Fsp3) is 0.143. The number of ether oxygens (including phenoxy) is 1. The molecule has 0 saturated heterocycles. The Hall–Kier alpha value is -1.96. The highest BCUT2D eigenvalue weighted by atomic mass is 16.5. The van der Waals surface area contributed by atoms with Gasteiger partial charge in [0, 0.05) is 11.5 Å². The summed E-state index contributed by atoms with van der Waals surface area (Å²) in [5, 5.41) is 9.47. The zero-order chi connectivity index (χ0) is 11.7. The quantitative estimate of drug-likeness (QED) is 0.758. The second-order valence-corrected chi connectivity index (χ2v) is 3.87. The fourth-order valence-corrected chi connectivity index (χ4v) is 1.82. The molecular weight excluding hydrogens is 200 g/mol. The monoisotopic (exact) mass is 214 g/mol. The predicted octanol–water partition coefficient (Wildman–Crippen LogP) is 3.83. The molecule has 0 aliphatic carbocycles. The first-order chi connectivity index (χ1) is 7.61. The average Bonchev–Trinajstić information content (AvgIpc) is 2.28. The maximum Gasteiger partial charge on any atom is 0.127 e. The van der Waals surface area contributed by atoms with Gasteiger partial charge in [-0.3, -0.25) is 0 Å². The Morgan fingerprint density at radius 2 is 2.19 bits per heavy atom. The number of hydrogen-bond donors (Lipinski definition) is 1. The summed E-state index contributed by atoms with van der Waals surface area (Å²) in [5.41, 5.74) is 3.04. The van der Waals surface area contributed by atoms with E-state index in [0.29, 0.717) is 5.76 Å². The van der Waals surface area contributed by atoms with Crippen molar-refractivity contribution in [1.29, 1.82) is 0 Å². The van der Waals surface area contributed by atoms with E-state index in [9.17, 15) is 5.11 Å². The van der Waals surface area contributed by atoms with Crippen LogP contribution in [-0.2, 0) is 4.74 Å². The van der Waals surface area contributed by atoms with E-state index in [0.717, 1.165) is 16.7 Å². The minimum absolute atomic E-state index is 0.0921. The molecule has 0 amide bonds. The van der Waals surface area contributed by atoms with Gasteiger partial charge in [-0.2, -0.15) is 0 Å². The lowest BCUT2D eigenvalue weighted by Gasteiger charge is -2.20. The molecule has 0 bridgehead atoms. The molecule has 0 radical (unpaired) electrons. The number of allylic oxidation sites excluding steroid dienone is 1. The topological polar surface area (TPSA) is 29.5 Å². The second-order valence-electron chi connectivity index (χ2n) is 3.87. The number of fused-ring (bicyclic) bond motifs is 1. The fourth-order valence-electron chi connectivity index (χ4n) is 1.82. The molecule has 1 unspecified atom stereocenters. The van der Waals surface area contributed by atoms with E-state index in [1.54, 1.807) is 6.26 Å². The molecule has 1 heterocycles. The Balaban J connectivity index is 2.57. The van der Waals surface area contributed by atoms with Gasteiger partial charge in [0.2, 0.25) is 0 Å². The lowest BCUT2D eigenvalue weighted by Crippen LogP contribution is -2.04. The van der Waals surface area contributed by atoms with E-state index in [2.05, 4.69) is 13.2 Å². The van der Waals surface area contributed by atoms with Crippen molar-refractivity contribution in [2.24, 2.45) is 0 Å². The van der Waals surface area contributed by atoms with Gasteiger partial charge in [-0.05, 0) is 17.2 Å². The Morgan fingerprint density at radius 3 is 2.88 bits per heavy atom. The summed E-state index contributed by atoms with van der Waals surface area (Å²) in [6.45, 7) is 9.34. The summed E-state index contributed by atoms with van der Waals surface area (Å²) in [7, 11) is 0. The van der Waals surface area contributed by atoms with Gasteiger partial charge < -0.3 is 9.84 Å². The second kappa shape index (κ2) is 3.89. The van der Waals surface area contributed by atoms with Crippen LogP contribution in [0.4, 0.5) is 0 Å². The number of benzene rings is 1. The minimum atomic E-state index is -0.0921. The van der Waals surface area contributed by atoms with Crippen LogP contribution in [0.2, 0.25) is 0 Å². The van der Waals surface area contributed by atoms with Crippen LogP contribution in [0.3, 0.4) is 0 Å². The zero-order valence-electron chi connectivity index (χ0n) is 9.23. The molecular formula is C14H14O2. The molecule has 0 spiro atoms. The van der Waals surface area contributed by atoms with Crippen molar-refractivity contribution in [1.82, 2.24) is 0 Å². The molecule has 1 atom stereocenters. The predicted molar refractivity (Wildman–Crippen MR) is 65.8 cm³/mol. The Kier molecular flexibility index (Phi) is 2.57. The summed E-state index contributed by atoms with van der Waals surface area (Å²) in [6, 6.07) is 5.87. The van der Waals surface area contributed by atoms with E-state index in [4.69, 9.17) is 4.74 Å². The first kappa shape index (κ1) is 10.6. The van der Waals surface area contributed by atoms with Gasteiger partial charge in [0.05, 0.1) is 12.0 Å². The van der Waals surface area contributed by atoms with E-state index < -0.39 is 0 Å². The van der Waals surface area contributed by atoms with Crippen LogP contribution in [0.25, 0.3) is 11.8 Å². The molecule has 0 fully saturated rings. The first-order valence-electron chi connectivity index (χ1n) is 5.14. The van der Waals surface area contributed by atoms with Gasteiger partial charge >= 0.3 is 0 Å². The maximum absolute atomic E-state index is 9.47. The van der Waals surface area contributed by atoms with Gasteiger partial charge in [-0.15, -0.1) is 0 Å². The number of aliphatic hydroxyl groups is 1. The van der Waals surface area contributed by atoms with Crippen LogP contribution < -0.4 is 0 Å². The number of aliphatic hydroxyl groups excluding tert-OH is 1. The molecule has 2 heteroatoms. The Bertz CT molecular complexity index is 484. The van der Waals surface area contributed by atoms with Crippen molar-refractivity contribution in [2.75, 3.05) is 0 Å². The van der Waals surface area contributed by atoms with Crippen LogP contribution in [0, 0.1) is 0 Å². The van der Waals surface area contributed by atoms with Crippen LogP contribution in [0.15, 0.2) is 43.4 Å². The van der Waals surface area contributed by atoms with Gasteiger partial charge in [-0.25, -0.2) is 0 Å². The largest absolute Gasteiger partial charge is 0.512 e. The Labute approximate surface area is 95.2 Å². The van der Waals surface area contributed by atoms with Gasteiger partial charge in [-0.1, -0.05) is 38.3 Å². The third-order valence-electron chi connectivity index (χ3n) is 2.85. The summed E-state index contributed by atoms with van der Waals surface area (Å²) in [6.07, 6.45) is 3.50. The smallest absolute Gasteiger partial charge is 0.127 e.